The highest BCUT2D eigenvalue weighted by Gasteiger charge is 2.30. The number of halogens is 1. The van der Waals surface area contributed by atoms with Crippen molar-refractivity contribution in [1.29, 1.82) is 0 Å². The molecular formula is C10H11BrO3S2. The largest absolute Gasteiger partial charge is 0.293 e. The molecule has 0 spiro atoms. The van der Waals surface area contributed by atoms with E-state index < -0.39 is 9.84 Å². The number of hydrogen-bond donors (Lipinski definition) is 0. The monoisotopic (exact) mass is 322 g/mol. The number of carbonyl (C=O) groups excluding carboxylic acids is 1. The Morgan fingerprint density at radius 1 is 1.56 bits per heavy atom. The van der Waals surface area contributed by atoms with E-state index in [1.165, 1.54) is 11.3 Å². The lowest BCUT2D eigenvalue weighted by Crippen LogP contribution is -2.10. The average Bonchev–Trinajstić information content (AvgIpc) is 2.72. The number of Topliss-reactive ketones (excluding diaryl/α,β-unsaturated/α-hetero) is 1. The van der Waals surface area contributed by atoms with E-state index in [4.69, 9.17) is 0 Å². The van der Waals surface area contributed by atoms with Gasteiger partial charge in [0.2, 0.25) is 0 Å². The van der Waals surface area contributed by atoms with Gasteiger partial charge in [-0.3, -0.25) is 4.79 Å². The lowest BCUT2D eigenvalue weighted by Gasteiger charge is -2.05. The second-order valence-corrected chi connectivity index (χ2v) is 7.99. The van der Waals surface area contributed by atoms with Crippen LogP contribution in [0.15, 0.2) is 15.9 Å². The zero-order chi connectivity index (χ0) is 11.8. The highest BCUT2D eigenvalue weighted by molar-refractivity contribution is 9.10. The SMILES string of the molecule is O=C(CC1CCS(=O)(=O)C1)c1sccc1Br. The number of carbonyl (C=O) groups is 1. The fraction of sp³-hybridized carbons (Fsp3) is 0.500. The summed E-state index contributed by atoms with van der Waals surface area (Å²) >= 11 is 4.71. The molecule has 1 saturated heterocycles. The maximum Gasteiger partial charge on any atom is 0.174 e. The highest BCUT2D eigenvalue weighted by Crippen LogP contribution is 2.28. The Bertz CT molecular complexity index is 504. The van der Waals surface area contributed by atoms with Crippen molar-refractivity contribution >= 4 is 42.9 Å². The van der Waals surface area contributed by atoms with Gasteiger partial charge in [0.25, 0.3) is 0 Å². The van der Waals surface area contributed by atoms with Crippen molar-refractivity contribution in [2.24, 2.45) is 5.92 Å². The molecule has 2 heterocycles. The van der Waals surface area contributed by atoms with Crippen molar-refractivity contribution in [2.75, 3.05) is 11.5 Å². The number of sulfone groups is 1. The van der Waals surface area contributed by atoms with Crippen molar-refractivity contribution in [1.82, 2.24) is 0 Å². The Hall–Kier alpha value is -0.200. The van der Waals surface area contributed by atoms with E-state index in [9.17, 15) is 13.2 Å². The summed E-state index contributed by atoms with van der Waals surface area (Å²) in [5.74, 6) is 0.452. The molecule has 88 valence electrons. The summed E-state index contributed by atoms with van der Waals surface area (Å²) in [6.45, 7) is 0. The molecule has 0 N–H and O–H groups in total. The smallest absolute Gasteiger partial charge is 0.174 e. The van der Waals surface area contributed by atoms with Crippen LogP contribution in [0.2, 0.25) is 0 Å². The van der Waals surface area contributed by atoms with Gasteiger partial charge in [-0.15, -0.1) is 11.3 Å². The summed E-state index contributed by atoms with van der Waals surface area (Å²) in [7, 11) is -2.88. The normalized spacial score (nSPS) is 23.4. The van der Waals surface area contributed by atoms with Gasteiger partial charge in [-0.25, -0.2) is 8.42 Å². The number of ketones is 1. The minimum absolute atomic E-state index is 0.00602. The molecule has 0 aliphatic carbocycles. The van der Waals surface area contributed by atoms with E-state index in [1.54, 1.807) is 0 Å². The van der Waals surface area contributed by atoms with Gasteiger partial charge in [0.1, 0.15) is 0 Å². The lowest BCUT2D eigenvalue weighted by atomic mass is 10.0. The number of hydrogen-bond acceptors (Lipinski definition) is 4. The molecule has 1 aliphatic rings. The van der Waals surface area contributed by atoms with Crippen molar-refractivity contribution in [3.63, 3.8) is 0 Å². The summed E-state index contributed by atoms with van der Waals surface area (Å²) in [6, 6.07) is 1.84. The predicted octanol–water partition coefficient (Wildman–Crippen LogP) is 2.52. The third-order valence-corrected chi connectivity index (χ3v) is 6.39. The molecule has 1 aromatic rings. The predicted molar refractivity (Wildman–Crippen MR) is 67.7 cm³/mol. The first-order valence-electron chi connectivity index (χ1n) is 4.94. The Balaban J connectivity index is 2.02. The first-order valence-corrected chi connectivity index (χ1v) is 8.44. The van der Waals surface area contributed by atoms with Crippen molar-refractivity contribution in [3.05, 3.63) is 20.8 Å². The van der Waals surface area contributed by atoms with Crippen LogP contribution in [-0.4, -0.2) is 25.7 Å². The third kappa shape index (κ3) is 2.73. The molecular weight excluding hydrogens is 312 g/mol. The van der Waals surface area contributed by atoms with Gasteiger partial charge in [-0.05, 0) is 39.7 Å². The summed E-state index contributed by atoms with van der Waals surface area (Å²) in [6.07, 6.45) is 0.968. The molecule has 0 aromatic carbocycles. The van der Waals surface area contributed by atoms with Gasteiger partial charge in [0.15, 0.2) is 15.6 Å². The first-order chi connectivity index (χ1) is 7.48. The Morgan fingerprint density at radius 3 is 2.81 bits per heavy atom. The van der Waals surface area contributed by atoms with Crippen LogP contribution >= 0.6 is 27.3 Å². The van der Waals surface area contributed by atoms with Crippen LogP contribution in [0.1, 0.15) is 22.5 Å². The summed E-state index contributed by atoms with van der Waals surface area (Å²) in [4.78, 5) is 12.6. The average molecular weight is 323 g/mol. The zero-order valence-electron chi connectivity index (χ0n) is 8.48. The maximum atomic E-state index is 11.9. The molecule has 6 heteroatoms. The molecule has 1 aromatic heterocycles. The van der Waals surface area contributed by atoms with Gasteiger partial charge in [-0.1, -0.05) is 0 Å². The molecule has 1 unspecified atom stereocenters. The molecule has 16 heavy (non-hydrogen) atoms. The Morgan fingerprint density at radius 2 is 2.31 bits per heavy atom. The quantitative estimate of drug-likeness (QED) is 0.803. The summed E-state index contributed by atoms with van der Waals surface area (Å²) in [5.41, 5.74) is 0. The van der Waals surface area contributed by atoms with E-state index in [0.29, 0.717) is 17.7 Å². The Kier molecular flexibility index (Phi) is 3.51. The fourth-order valence-corrected chi connectivity index (χ4v) is 5.29. The van der Waals surface area contributed by atoms with Gasteiger partial charge in [-0.2, -0.15) is 0 Å². The third-order valence-electron chi connectivity index (χ3n) is 2.67. The van der Waals surface area contributed by atoms with Crippen molar-refractivity contribution < 1.29 is 13.2 Å². The van der Waals surface area contributed by atoms with E-state index in [1.807, 2.05) is 11.4 Å². The van der Waals surface area contributed by atoms with E-state index in [-0.39, 0.29) is 23.2 Å². The van der Waals surface area contributed by atoms with Crippen LogP contribution < -0.4 is 0 Å². The summed E-state index contributed by atoms with van der Waals surface area (Å²) < 4.78 is 23.3. The van der Waals surface area contributed by atoms with Gasteiger partial charge < -0.3 is 0 Å². The van der Waals surface area contributed by atoms with E-state index in [2.05, 4.69) is 15.9 Å². The van der Waals surface area contributed by atoms with Crippen LogP contribution in [0.25, 0.3) is 0 Å². The van der Waals surface area contributed by atoms with Crippen molar-refractivity contribution in [2.45, 2.75) is 12.8 Å². The standard InChI is InChI=1S/C10H11BrO3S2/c11-8-1-3-15-10(8)9(12)5-7-2-4-16(13,14)6-7/h1,3,7H,2,4-6H2. The maximum absolute atomic E-state index is 11.9. The summed E-state index contributed by atoms with van der Waals surface area (Å²) in [5, 5.41) is 1.85. The highest BCUT2D eigenvalue weighted by atomic mass is 79.9. The number of thiophene rings is 1. The molecule has 1 aliphatic heterocycles. The fourth-order valence-electron chi connectivity index (χ4n) is 1.88. The first kappa shape index (κ1) is 12.3. The Labute approximate surface area is 107 Å². The molecule has 0 saturated carbocycles. The minimum atomic E-state index is -2.88. The molecule has 0 radical (unpaired) electrons. The lowest BCUT2D eigenvalue weighted by molar-refractivity contribution is 0.0969. The van der Waals surface area contributed by atoms with Crippen molar-refractivity contribution in [3.8, 4) is 0 Å². The molecule has 0 bridgehead atoms. The van der Waals surface area contributed by atoms with Crippen LogP contribution in [0.4, 0.5) is 0 Å². The second-order valence-electron chi connectivity index (χ2n) is 3.99. The molecule has 2 rings (SSSR count). The van der Waals surface area contributed by atoms with Crippen LogP contribution in [-0.2, 0) is 9.84 Å². The van der Waals surface area contributed by atoms with Crippen LogP contribution in [0.3, 0.4) is 0 Å². The zero-order valence-corrected chi connectivity index (χ0v) is 11.7. The minimum Gasteiger partial charge on any atom is -0.293 e. The molecule has 1 atom stereocenters. The van der Waals surface area contributed by atoms with Gasteiger partial charge in [0.05, 0.1) is 16.4 Å². The molecule has 3 nitrogen and oxygen atoms in total. The van der Waals surface area contributed by atoms with Crippen LogP contribution in [0, 0.1) is 5.92 Å². The van der Waals surface area contributed by atoms with Crippen LogP contribution in [0.5, 0.6) is 0 Å². The van der Waals surface area contributed by atoms with E-state index >= 15 is 0 Å². The number of rotatable bonds is 3. The second kappa shape index (κ2) is 4.58. The molecule has 0 amide bonds. The van der Waals surface area contributed by atoms with E-state index in [0.717, 1.165) is 4.47 Å². The molecule has 1 fully saturated rings. The topological polar surface area (TPSA) is 51.2 Å². The van der Waals surface area contributed by atoms with Gasteiger partial charge >= 0.3 is 0 Å². The van der Waals surface area contributed by atoms with Gasteiger partial charge in [0, 0.05) is 10.9 Å².